The summed E-state index contributed by atoms with van der Waals surface area (Å²) >= 11 is 0. The normalized spacial score (nSPS) is 10.9. The summed E-state index contributed by atoms with van der Waals surface area (Å²) in [6.07, 6.45) is 3.70. The number of phenols is 1. The first-order chi connectivity index (χ1) is 10.5. The van der Waals surface area contributed by atoms with Crippen molar-refractivity contribution < 1.29 is 19.4 Å². The van der Waals surface area contributed by atoms with E-state index in [2.05, 4.69) is 9.84 Å². The topological polar surface area (TPSA) is 73.6 Å². The maximum absolute atomic E-state index is 11.4. The molecule has 1 N–H and O–H groups in total. The van der Waals surface area contributed by atoms with E-state index in [1.165, 1.54) is 14.2 Å². The van der Waals surface area contributed by atoms with Crippen LogP contribution in [-0.4, -0.2) is 35.1 Å². The number of aryl methyl sites for hydroxylation is 1. The van der Waals surface area contributed by atoms with Gasteiger partial charge in [-0.3, -0.25) is 9.48 Å². The van der Waals surface area contributed by atoms with Gasteiger partial charge in [0.2, 0.25) is 0 Å². The van der Waals surface area contributed by atoms with E-state index in [0.717, 1.165) is 17.0 Å². The second-order valence-corrected chi connectivity index (χ2v) is 4.71. The van der Waals surface area contributed by atoms with Crippen molar-refractivity contribution in [2.24, 2.45) is 0 Å². The number of benzene rings is 1. The summed E-state index contributed by atoms with van der Waals surface area (Å²) in [6, 6.07) is 6.93. The Labute approximate surface area is 128 Å². The van der Waals surface area contributed by atoms with Crippen LogP contribution in [0.25, 0.3) is 12.2 Å². The molecule has 6 heteroatoms. The molecule has 1 aromatic heterocycles. The Hall–Kier alpha value is -2.76. The van der Waals surface area contributed by atoms with Crippen LogP contribution >= 0.6 is 0 Å². The van der Waals surface area contributed by atoms with Crippen LogP contribution in [0.2, 0.25) is 0 Å². The Morgan fingerprint density at radius 2 is 2.09 bits per heavy atom. The van der Waals surface area contributed by atoms with E-state index >= 15 is 0 Å². The molecule has 0 saturated carbocycles. The lowest BCUT2D eigenvalue weighted by molar-refractivity contribution is -0.141. The SMILES string of the molecule is COC(=O)Cn1nc(C)cc1C=Cc1ccc(O)c(OC)c1. The number of hydrogen-bond acceptors (Lipinski definition) is 5. The van der Waals surface area contributed by atoms with Gasteiger partial charge in [0.1, 0.15) is 6.54 Å². The maximum atomic E-state index is 11.4. The molecule has 0 bridgehead atoms. The number of rotatable bonds is 5. The number of aromatic nitrogens is 2. The molecule has 2 rings (SSSR count). The van der Waals surface area contributed by atoms with Gasteiger partial charge < -0.3 is 14.6 Å². The molecular formula is C16H18N2O4. The zero-order valence-corrected chi connectivity index (χ0v) is 12.7. The van der Waals surface area contributed by atoms with Crippen LogP contribution in [0.4, 0.5) is 0 Å². The summed E-state index contributed by atoms with van der Waals surface area (Å²) in [5, 5.41) is 13.8. The second kappa shape index (κ2) is 6.80. The van der Waals surface area contributed by atoms with E-state index in [1.54, 1.807) is 22.9 Å². The Bertz CT molecular complexity index is 704. The molecule has 0 aliphatic heterocycles. The number of ether oxygens (including phenoxy) is 2. The second-order valence-electron chi connectivity index (χ2n) is 4.71. The molecule has 2 aromatic rings. The lowest BCUT2D eigenvalue weighted by atomic mass is 10.1. The zero-order chi connectivity index (χ0) is 16.1. The zero-order valence-electron chi connectivity index (χ0n) is 12.7. The largest absolute Gasteiger partial charge is 0.504 e. The first-order valence-electron chi connectivity index (χ1n) is 6.70. The van der Waals surface area contributed by atoms with E-state index in [0.29, 0.717) is 5.75 Å². The number of esters is 1. The highest BCUT2D eigenvalue weighted by Crippen LogP contribution is 2.27. The first-order valence-corrected chi connectivity index (χ1v) is 6.70. The molecule has 1 aromatic carbocycles. The number of phenolic OH excluding ortho intramolecular Hbond substituents is 1. The summed E-state index contributed by atoms with van der Waals surface area (Å²) in [7, 11) is 2.84. The van der Waals surface area contributed by atoms with Gasteiger partial charge >= 0.3 is 5.97 Å². The van der Waals surface area contributed by atoms with Gasteiger partial charge in [0.05, 0.1) is 25.6 Å². The van der Waals surface area contributed by atoms with Crippen molar-refractivity contribution in [1.29, 1.82) is 0 Å². The number of aromatic hydroxyl groups is 1. The first kappa shape index (κ1) is 15.6. The molecule has 0 aliphatic carbocycles. The molecule has 0 atom stereocenters. The Kier molecular flexibility index (Phi) is 4.83. The third-order valence-electron chi connectivity index (χ3n) is 3.09. The van der Waals surface area contributed by atoms with Crippen molar-refractivity contribution in [3.8, 4) is 11.5 Å². The molecule has 0 amide bonds. The molecule has 6 nitrogen and oxygen atoms in total. The Balaban J connectivity index is 2.24. The van der Waals surface area contributed by atoms with Gasteiger partial charge in [0.25, 0.3) is 0 Å². The van der Waals surface area contributed by atoms with Crippen molar-refractivity contribution in [3.63, 3.8) is 0 Å². The van der Waals surface area contributed by atoms with Gasteiger partial charge in [-0.2, -0.15) is 5.10 Å². The van der Waals surface area contributed by atoms with Gasteiger partial charge in [-0.1, -0.05) is 12.1 Å². The highest BCUT2D eigenvalue weighted by Gasteiger charge is 2.08. The summed E-state index contributed by atoms with van der Waals surface area (Å²) in [4.78, 5) is 11.4. The Morgan fingerprint density at radius 1 is 1.32 bits per heavy atom. The fraction of sp³-hybridized carbons (Fsp3) is 0.250. The van der Waals surface area contributed by atoms with E-state index in [1.807, 2.05) is 25.1 Å². The Morgan fingerprint density at radius 3 is 2.77 bits per heavy atom. The van der Waals surface area contributed by atoms with E-state index in [-0.39, 0.29) is 18.3 Å². The minimum atomic E-state index is -0.357. The van der Waals surface area contributed by atoms with E-state index in [4.69, 9.17) is 4.74 Å². The molecule has 0 spiro atoms. The number of carbonyl (C=O) groups is 1. The van der Waals surface area contributed by atoms with Crippen LogP contribution in [0.5, 0.6) is 11.5 Å². The van der Waals surface area contributed by atoms with Gasteiger partial charge in [0, 0.05) is 0 Å². The third kappa shape index (κ3) is 3.66. The van der Waals surface area contributed by atoms with Crippen molar-refractivity contribution in [1.82, 2.24) is 9.78 Å². The highest BCUT2D eigenvalue weighted by molar-refractivity contribution is 5.72. The molecule has 0 radical (unpaired) electrons. The molecule has 22 heavy (non-hydrogen) atoms. The van der Waals surface area contributed by atoms with Gasteiger partial charge in [0.15, 0.2) is 11.5 Å². The van der Waals surface area contributed by atoms with Crippen LogP contribution in [-0.2, 0) is 16.1 Å². The number of hydrogen-bond donors (Lipinski definition) is 1. The predicted octanol–water partition coefficient (Wildman–Crippen LogP) is 2.25. The van der Waals surface area contributed by atoms with Crippen LogP contribution in [0.3, 0.4) is 0 Å². The van der Waals surface area contributed by atoms with Crippen LogP contribution < -0.4 is 4.74 Å². The monoisotopic (exact) mass is 302 g/mol. The molecule has 0 saturated heterocycles. The highest BCUT2D eigenvalue weighted by atomic mass is 16.5. The molecule has 0 aliphatic rings. The fourth-order valence-electron chi connectivity index (χ4n) is 1.99. The van der Waals surface area contributed by atoms with Crippen LogP contribution in [0.15, 0.2) is 24.3 Å². The van der Waals surface area contributed by atoms with Crippen LogP contribution in [0, 0.1) is 6.92 Å². The smallest absolute Gasteiger partial charge is 0.327 e. The molecule has 1 heterocycles. The van der Waals surface area contributed by atoms with Crippen molar-refractivity contribution in [2.45, 2.75) is 13.5 Å². The average molecular weight is 302 g/mol. The molecule has 0 unspecified atom stereocenters. The summed E-state index contributed by atoms with van der Waals surface area (Å²) in [5.74, 6) is 0.136. The summed E-state index contributed by atoms with van der Waals surface area (Å²) < 4.78 is 11.3. The standard InChI is InChI=1S/C16H18N2O4/c1-11-8-13(18(17-11)10-16(20)22-3)6-4-12-5-7-14(19)15(9-12)21-2/h4-9,19H,10H2,1-3H3. The quantitative estimate of drug-likeness (QED) is 0.858. The molecule has 116 valence electrons. The number of methoxy groups -OCH3 is 2. The van der Waals surface area contributed by atoms with Crippen molar-refractivity contribution in [3.05, 3.63) is 41.2 Å². The summed E-state index contributed by atoms with van der Waals surface area (Å²) in [6.45, 7) is 1.91. The minimum Gasteiger partial charge on any atom is -0.504 e. The predicted molar refractivity (Wildman–Crippen MR) is 82.6 cm³/mol. The van der Waals surface area contributed by atoms with Gasteiger partial charge in [-0.15, -0.1) is 0 Å². The minimum absolute atomic E-state index is 0.0584. The molecular weight excluding hydrogens is 284 g/mol. The summed E-state index contributed by atoms with van der Waals surface area (Å²) in [5.41, 5.74) is 2.46. The van der Waals surface area contributed by atoms with E-state index < -0.39 is 0 Å². The molecule has 0 fully saturated rings. The van der Waals surface area contributed by atoms with Crippen LogP contribution in [0.1, 0.15) is 17.0 Å². The fourth-order valence-corrected chi connectivity index (χ4v) is 1.99. The third-order valence-corrected chi connectivity index (χ3v) is 3.09. The average Bonchev–Trinajstić information content (AvgIpc) is 2.85. The van der Waals surface area contributed by atoms with Crippen molar-refractivity contribution >= 4 is 18.1 Å². The number of carbonyl (C=O) groups excluding carboxylic acids is 1. The van der Waals surface area contributed by atoms with Crippen molar-refractivity contribution in [2.75, 3.05) is 14.2 Å². The lowest BCUT2D eigenvalue weighted by Gasteiger charge is -2.04. The lowest BCUT2D eigenvalue weighted by Crippen LogP contribution is -2.13. The maximum Gasteiger partial charge on any atom is 0.327 e. The van der Waals surface area contributed by atoms with Gasteiger partial charge in [-0.25, -0.2) is 0 Å². The van der Waals surface area contributed by atoms with E-state index in [9.17, 15) is 9.90 Å². The van der Waals surface area contributed by atoms with Gasteiger partial charge in [-0.05, 0) is 36.8 Å². The number of nitrogens with zero attached hydrogens (tertiary/aromatic N) is 2.